The van der Waals surface area contributed by atoms with E-state index in [-0.39, 0.29) is 23.2 Å². The van der Waals surface area contributed by atoms with Crippen molar-refractivity contribution >= 4 is 12.3 Å². The summed E-state index contributed by atoms with van der Waals surface area (Å²) in [5, 5.41) is 0. The van der Waals surface area contributed by atoms with Crippen molar-refractivity contribution in [3.63, 3.8) is 0 Å². The molecule has 2 unspecified atom stereocenters. The van der Waals surface area contributed by atoms with E-state index in [1.807, 2.05) is 32.0 Å². The van der Waals surface area contributed by atoms with E-state index >= 15 is 0 Å². The fourth-order valence-electron chi connectivity index (χ4n) is 2.37. The topological polar surface area (TPSA) is 43.4 Å². The van der Waals surface area contributed by atoms with Gasteiger partial charge in [-0.1, -0.05) is 32.0 Å². The van der Waals surface area contributed by atoms with Crippen molar-refractivity contribution in [2.75, 3.05) is 0 Å². The fraction of sp³-hybridized carbons (Fsp3) is 0.467. The van der Waals surface area contributed by atoms with E-state index in [1.165, 1.54) is 0 Å². The molecule has 0 amide bonds. The van der Waals surface area contributed by atoms with Crippen LogP contribution in [0.3, 0.4) is 0 Å². The summed E-state index contributed by atoms with van der Waals surface area (Å²) in [6.07, 6.45) is 2.25. The Hall–Kier alpha value is -1.64. The Kier molecular flexibility index (Phi) is 3.50. The molecule has 0 aliphatic heterocycles. The van der Waals surface area contributed by atoms with Crippen LogP contribution in [-0.4, -0.2) is 12.3 Å². The average Bonchev–Trinajstić information content (AvgIpc) is 3.10. The number of carbonyl (C=O) groups excluding carboxylic acids is 2. The molecular formula is C15H18O3. The molecule has 0 aromatic heterocycles. The molecule has 96 valence electrons. The van der Waals surface area contributed by atoms with Crippen LogP contribution in [0, 0.1) is 17.3 Å². The number of hydrogen-bond donors (Lipinski definition) is 0. The smallest absolute Gasteiger partial charge is 0.314 e. The summed E-state index contributed by atoms with van der Waals surface area (Å²) in [4.78, 5) is 22.5. The van der Waals surface area contributed by atoms with E-state index in [1.54, 1.807) is 12.1 Å². The maximum Gasteiger partial charge on any atom is 0.314 e. The van der Waals surface area contributed by atoms with Crippen molar-refractivity contribution in [2.45, 2.75) is 26.7 Å². The second-order valence-electron chi connectivity index (χ2n) is 5.54. The lowest BCUT2D eigenvalue weighted by molar-refractivity contribution is -0.136. The first-order chi connectivity index (χ1) is 8.54. The molecule has 3 heteroatoms. The Labute approximate surface area is 107 Å². The van der Waals surface area contributed by atoms with Gasteiger partial charge in [0, 0.05) is 6.42 Å². The number of benzene rings is 1. The predicted molar refractivity (Wildman–Crippen MR) is 68.1 cm³/mol. The first-order valence-corrected chi connectivity index (χ1v) is 6.25. The second-order valence-corrected chi connectivity index (χ2v) is 5.54. The zero-order chi connectivity index (χ0) is 13.2. The first kappa shape index (κ1) is 12.8. The summed E-state index contributed by atoms with van der Waals surface area (Å²) in [5.41, 5.74) is -0.109. The van der Waals surface area contributed by atoms with Gasteiger partial charge < -0.3 is 9.53 Å². The predicted octanol–water partition coefficient (Wildman–Crippen LogP) is 2.84. The van der Waals surface area contributed by atoms with E-state index in [0.717, 1.165) is 12.7 Å². The van der Waals surface area contributed by atoms with Gasteiger partial charge in [0.1, 0.15) is 12.0 Å². The zero-order valence-electron chi connectivity index (χ0n) is 10.8. The Balaban J connectivity index is 1.92. The molecule has 1 fully saturated rings. The van der Waals surface area contributed by atoms with Crippen LogP contribution in [0.15, 0.2) is 30.3 Å². The van der Waals surface area contributed by atoms with Gasteiger partial charge in [-0.3, -0.25) is 4.79 Å². The van der Waals surface area contributed by atoms with Crippen LogP contribution in [0.2, 0.25) is 0 Å². The van der Waals surface area contributed by atoms with E-state index in [0.29, 0.717) is 12.2 Å². The van der Waals surface area contributed by atoms with Crippen molar-refractivity contribution in [3.8, 4) is 5.75 Å². The zero-order valence-corrected chi connectivity index (χ0v) is 10.8. The summed E-state index contributed by atoms with van der Waals surface area (Å²) in [6, 6.07) is 9.09. The van der Waals surface area contributed by atoms with Gasteiger partial charge in [-0.15, -0.1) is 0 Å². The van der Waals surface area contributed by atoms with E-state index in [4.69, 9.17) is 4.74 Å². The van der Waals surface area contributed by atoms with E-state index in [2.05, 4.69) is 0 Å². The monoisotopic (exact) mass is 246 g/mol. The minimum atomic E-state index is -0.176. The minimum absolute atomic E-state index is 0.0554. The molecule has 0 heterocycles. The highest BCUT2D eigenvalue weighted by Crippen LogP contribution is 2.52. The maximum absolute atomic E-state index is 11.9. The maximum atomic E-state index is 11.9. The molecule has 0 spiro atoms. The summed E-state index contributed by atoms with van der Waals surface area (Å²) in [5.74, 6) is 0.616. The van der Waals surface area contributed by atoms with Crippen LogP contribution in [-0.2, 0) is 9.59 Å². The normalized spacial score (nSPS) is 22.3. The molecule has 0 saturated heterocycles. The van der Waals surface area contributed by atoms with Crippen molar-refractivity contribution in [1.82, 2.24) is 0 Å². The SMILES string of the molecule is CC(C)(CC=O)C1CC1C(=O)Oc1ccccc1. The third kappa shape index (κ3) is 2.78. The molecule has 2 atom stereocenters. The van der Waals surface area contributed by atoms with Crippen molar-refractivity contribution in [1.29, 1.82) is 0 Å². The molecule has 18 heavy (non-hydrogen) atoms. The highest BCUT2D eigenvalue weighted by atomic mass is 16.5. The van der Waals surface area contributed by atoms with Crippen molar-refractivity contribution in [2.24, 2.45) is 17.3 Å². The largest absolute Gasteiger partial charge is 0.426 e. The van der Waals surface area contributed by atoms with Gasteiger partial charge in [-0.2, -0.15) is 0 Å². The van der Waals surface area contributed by atoms with E-state index in [9.17, 15) is 9.59 Å². The molecular weight excluding hydrogens is 228 g/mol. The highest BCUT2D eigenvalue weighted by molar-refractivity contribution is 5.78. The van der Waals surface area contributed by atoms with Gasteiger partial charge in [-0.25, -0.2) is 0 Å². The van der Waals surface area contributed by atoms with Crippen LogP contribution >= 0.6 is 0 Å². The molecule has 1 aliphatic carbocycles. The third-order valence-electron chi connectivity index (χ3n) is 3.67. The number of esters is 1. The Bertz CT molecular complexity index is 436. The lowest BCUT2D eigenvalue weighted by Crippen LogP contribution is -2.20. The van der Waals surface area contributed by atoms with Crippen LogP contribution in [0.1, 0.15) is 26.7 Å². The molecule has 3 nitrogen and oxygen atoms in total. The average molecular weight is 246 g/mol. The molecule has 1 aromatic carbocycles. The number of ether oxygens (including phenoxy) is 1. The van der Waals surface area contributed by atoms with Gasteiger partial charge in [0.15, 0.2) is 0 Å². The molecule has 1 aromatic rings. The van der Waals surface area contributed by atoms with Gasteiger partial charge in [-0.05, 0) is 29.9 Å². The van der Waals surface area contributed by atoms with Crippen molar-refractivity contribution < 1.29 is 14.3 Å². The standard InChI is InChI=1S/C15H18O3/c1-15(2,8-9-16)13-10-12(13)14(17)18-11-6-4-3-5-7-11/h3-7,9,12-13H,8,10H2,1-2H3. The first-order valence-electron chi connectivity index (χ1n) is 6.25. The van der Waals surface area contributed by atoms with Crippen molar-refractivity contribution in [3.05, 3.63) is 30.3 Å². The Morgan fingerprint density at radius 1 is 1.39 bits per heavy atom. The van der Waals surface area contributed by atoms with E-state index < -0.39 is 0 Å². The minimum Gasteiger partial charge on any atom is -0.426 e. The lowest BCUT2D eigenvalue weighted by atomic mass is 9.83. The van der Waals surface area contributed by atoms with Crippen LogP contribution in [0.4, 0.5) is 0 Å². The number of para-hydroxylation sites is 1. The third-order valence-corrected chi connectivity index (χ3v) is 3.67. The van der Waals surface area contributed by atoms with Crippen LogP contribution in [0.25, 0.3) is 0 Å². The van der Waals surface area contributed by atoms with Crippen LogP contribution in [0.5, 0.6) is 5.75 Å². The molecule has 0 radical (unpaired) electrons. The Morgan fingerprint density at radius 2 is 2.06 bits per heavy atom. The molecule has 0 N–H and O–H groups in total. The summed E-state index contributed by atoms with van der Waals surface area (Å²) >= 11 is 0. The highest BCUT2D eigenvalue weighted by Gasteiger charge is 2.52. The fourth-order valence-corrected chi connectivity index (χ4v) is 2.37. The second kappa shape index (κ2) is 4.92. The lowest BCUT2D eigenvalue weighted by Gasteiger charge is -2.21. The molecule has 1 aliphatic rings. The number of aldehydes is 1. The number of hydrogen-bond acceptors (Lipinski definition) is 3. The quantitative estimate of drug-likeness (QED) is 0.456. The summed E-state index contributed by atoms with van der Waals surface area (Å²) < 4.78 is 5.31. The Morgan fingerprint density at radius 3 is 2.67 bits per heavy atom. The summed E-state index contributed by atoms with van der Waals surface area (Å²) in [6.45, 7) is 4.06. The van der Waals surface area contributed by atoms with Gasteiger partial charge in [0.05, 0.1) is 5.92 Å². The summed E-state index contributed by atoms with van der Waals surface area (Å²) in [7, 11) is 0. The van der Waals surface area contributed by atoms with Crippen LogP contribution < -0.4 is 4.74 Å². The molecule has 0 bridgehead atoms. The van der Waals surface area contributed by atoms with Gasteiger partial charge in [0.2, 0.25) is 0 Å². The molecule has 2 rings (SSSR count). The molecule has 1 saturated carbocycles. The van der Waals surface area contributed by atoms with Gasteiger partial charge in [0.25, 0.3) is 0 Å². The number of carbonyl (C=O) groups is 2. The van der Waals surface area contributed by atoms with Gasteiger partial charge >= 0.3 is 5.97 Å². The number of rotatable bonds is 5.